The Labute approximate surface area is 105 Å². The molecule has 1 heterocycles. The fourth-order valence-corrected chi connectivity index (χ4v) is 1.51. The van der Waals surface area contributed by atoms with Crippen LogP contribution in [0.5, 0.6) is 0 Å². The Hall–Kier alpha value is -2.43. The fourth-order valence-electron chi connectivity index (χ4n) is 1.51. The number of hydrogen-bond acceptors (Lipinski definition) is 4. The summed E-state index contributed by atoms with van der Waals surface area (Å²) in [4.78, 5) is 18.8. The van der Waals surface area contributed by atoms with E-state index in [-0.39, 0.29) is 0 Å². The summed E-state index contributed by atoms with van der Waals surface area (Å²) in [6.07, 6.45) is 3.72. The predicted octanol–water partition coefficient (Wildman–Crippen LogP) is 1.23. The highest BCUT2D eigenvalue weighted by atomic mass is 16.1. The third-order valence-corrected chi connectivity index (χ3v) is 2.48. The molecule has 0 bridgehead atoms. The molecule has 5 nitrogen and oxygen atoms in total. The van der Waals surface area contributed by atoms with E-state index in [1.54, 1.807) is 0 Å². The van der Waals surface area contributed by atoms with Crippen LogP contribution in [0.3, 0.4) is 0 Å². The smallest absolute Gasteiger partial charge is 0.251 e. The highest BCUT2D eigenvalue weighted by molar-refractivity contribution is 5.92. The Balaban J connectivity index is 1.85. The number of carbonyl (C=O) groups is 1. The van der Waals surface area contributed by atoms with Crippen molar-refractivity contribution >= 4 is 11.9 Å². The van der Waals surface area contributed by atoms with Crippen LogP contribution in [0.2, 0.25) is 0 Å². The Bertz CT molecular complexity index is 510. The topological polar surface area (TPSA) is 80.9 Å². The molecule has 1 amide bonds. The molecule has 0 spiro atoms. The Morgan fingerprint density at radius 3 is 2.44 bits per heavy atom. The molecule has 0 fully saturated rings. The first-order valence-electron chi connectivity index (χ1n) is 5.65. The van der Waals surface area contributed by atoms with E-state index in [0.29, 0.717) is 11.5 Å². The van der Waals surface area contributed by atoms with Gasteiger partial charge in [0.1, 0.15) is 0 Å². The molecule has 1 aromatic carbocycles. The quantitative estimate of drug-likeness (QED) is 0.826. The van der Waals surface area contributed by atoms with Gasteiger partial charge in [-0.1, -0.05) is 30.3 Å². The number of hydrogen-bond donors (Lipinski definition) is 2. The number of anilines is 1. The number of rotatable bonds is 5. The maximum atomic E-state index is 10.8. The molecule has 1 aromatic heterocycles. The Morgan fingerprint density at radius 2 is 1.83 bits per heavy atom. The standard InChI is InChI=1S/C13H14N4O/c14-12(18)11-8-16-13(17-9-11)15-7-6-10-4-2-1-3-5-10/h1-5,8-9H,6-7H2,(H2,14,18)(H,15,16,17). The molecule has 18 heavy (non-hydrogen) atoms. The molecule has 0 radical (unpaired) electrons. The zero-order chi connectivity index (χ0) is 12.8. The third kappa shape index (κ3) is 3.28. The van der Waals surface area contributed by atoms with Crippen molar-refractivity contribution in [2.45, 2.75) is 6.42 Å². The van der Waals surface area contributed by atoms with E-state index in [1.807, 2.05) is 18.2 Å². The van der Waals surface area contributed by atoms with Crippen molar-refractivity contribution in [3.05, 3.63) is 53.9 Å². The van der Waals surface area contributed by atoms with Gasteiger partial charge in [-0.05, 0) is 12.0 Å². The summed E-state index contributed by atoms with van der Waals surface area (Å²) < 4.78 is 0. The molecule has 3 N–H and O–H groups in total. The third-order valence-electron chi connectivity index (χ3n) is 2.48. The van der Waals surface area contributed by atoms with Gasteiger partial charge in [0.05, 0.1) is 5.56 Å². The lowest BCUT2D eigenvalue weighted by Gasteiger charge is -2.04. The van der Waals surface area contributed by atoms with Crippen molar-refractivity contribution in [1.82, 2.24) is 9.97 Å². The van der Waals surface area contributed by atoms with E-state index in [9.17, 15) is 4.79 Å². The maximum absolute atomic E-state index is 10.8. The van der Waals surface area contributed by atoms with Gasteiger partial charge < -0.3 is 11.1 Å². The predicted molar refractivity (Wildman–Crippen MR) is 69.2 cm³/mol. The largest absolute Gasteiger partial charge is 0.366 e. The van der Waals surface area contributed by atoms with Crippen LogP contribution in [0.25, 0.3) is 0 Å². The zero-order valence-electron chi connectivity index (χ0n) is 9.84. The van der Waals surface area contributed by atoms with Crippen LogP contribution < -0.4 is 11.1 Å². The lowest BCUT2D eigenvalue weighted by molar-refractivity contribution is 0.0999. The van der Waals surface area contributed by atoms with Crippen molar-refractivity contribution < 1.29 is 4.79 Å². The number of benzene rings is 1. The van der Waals surface area contributed by atoms with Crippen molar-refractivity contribution in [1.29, 1.82) is 0 Å². The molecular weight excluding hydrogens is 228 g/mol. The number of nitrogens with two attached hydrogens (primary N) is 1. The van der Waals surface area contributed by atoms with Crippen molar-refractivity contribution in [3.8, 4) is 0 Å². The first kappa shape index (κ1) is 12.0. The summed E-state index contributed by atoms with van der Waals surface area (Å²) in [5.74, 6) is -0.0261. The van der Waals surface area contributed by atoms with Crippen molar-refractivity contribution in [2.75, 3.05) is 11.9 Å². The second-order valence-corrected chi connectivity index (χ2v) is 3.82. The Morgan fingerprint density at radius 1 is 1.17 bits per heavy atom. The average Bonchev–Trinajstić information content (AvgIpc) is 2.40. The molecule has 2 aromatic rings. The van der Waals surface area contributed by atoms with Gasteiger partial charge in [-0.15, -0.1) is 0 Å². The molecular formula is C13H14N4O. The number of amides is 1. The normalized spacial score (nSPS) is 10.0. The van der Waals surface area contributed by atoms with E-state index in [0.717, 1.165) is 13.0 Å². The SMILES string of the molecule is NC(=O)c1cnc(NCCc2ccccc2)nc1. The number of nitrogens with zero attached hydrogens (tertiary/aromatic N) is 2. The number of aromatic nitrogens is 2. The fraction of sp³-hybridized carbons (Fsp3) is 0.154. The van der Waals surface area contributed by atoms with Crippen LogP contribution in [0.1, 0.15) is 15.9 Å². The zero-order valence-corrected chi connectivity index (χ0v) is 9.84. The minimum atomic E-state index is -0.522. The first-order chi connectivity index (χ1) is 8.75. The van der Waals surface area contributed by atoms with Crippen LogP contribution in [-0.4, -0.2) is 22.4 Å². The minimum absolute atomic E-state index is 0.309. The molecule has 0 atom stereocenters. The maximum Gasteiger partial charge on any atom is 0.251 e. The van der Waals surface area contributed by atoms with Crippen molar-refractivity contribution in [3.63, 3.8) is 0 Å². The molecule has 0 aliphatic heterocycles. The van der Waals surface area contributed by atoms with Crippen LogP contribution in [0.4, 0.5) is 5.95 Å². The van der Waals surface area contributed by atoms with Gasteiger partial charge in [0, 0.05) is 18.9 Å². The highest BCUT2D eigenvalue weighted by Gasteiger charge is 2.01. The van der Waals surface area contributed by atoms with Gasteiger partial charge in [-0.25, -0.2) is 9.97 Å². The molecule has 2 rings (SSSR count). The van der Waals surface area contributed by atoms with Gasteiger partial charge in [-0.2, -0.15) is 0 Å². The lowest BCUT2D eigenvalue weighted by atomic mass is 10.1. The summed E-state index contributed by atoms with van der Waals surface area (Å²) in [6.45, 7) is 0.736. The van der Waals surface area contributed by atoms with Gasteiger partial charge in [0.15, 0.2) is 0 Å². The summed E-state index contributed by atoms with van der Waals surface area (Å²) in [5.41, 5.74) is 6.66. The first-order valence-corrected chi connectivity index (χ1v) is 5.65. The molecule has 0 aliphatic carbocycles. The summed E-state index contributed by atoms with van der Waals surface area (Å²) in [5, 5.41) is 3.08. The van der Waals surface area contributed by atoms with Gasteiger partial charge in [-0.3, -0.25) is 4.79 Å². The van der Waals surface area contributed by atoms with Gasteiger partial charge in [0.25, 0.3) is 5.91 Å². The molecule has 0 aliphatic rings. The number of nitrogens with one attached hydrogen (secondary N) is 1. The summed E-state index contributed by atoms with van der Waals surface area (Å²) in [6, 6.07) is 10.1. The van der Waals surface area contributed by atoms with E-state index in [4.69, 9.17) is 5.73 Å². The van der Waals surface area contributed by atoms with Crippen LogP contribution >= 0.6 is 0 Å². The summed E-state index contributed by atoms with van der Waals surface area (Å²) in [7, 11) is 0. The van der Waals surface area contributed by atoms with Crippen LogP contribution in [-0.2, 0) is 6.42 Å². The minimum Gasteiger partial charge on any atom is -0.366 e. The molecule has 92 valence electrons. The molecule has 0 saturated heterocycles. The second-order valence-electron chi connectivity index (χ2n) is 3.82. The van der Waals surface area contributed by atoms with Crippen LogP contribution in [0, 0.1) is 0 Å². The lowest BCUT2D eigenvalue weighted by Crippen LogP contribution is -2.13. The average molecular weight is 242 g/mol. The highest BCUT2D eigenvalue weighted by Crippen LogP contribution is 2.02. The van der Waals surface area contributed by atoms with Crippen molar-refractivity contribution in [2.24, 2.45) is 5.73 Å². The monoisotopic (exact) mass is 242 g/mol. The number of primary amides is 1. The van der Waals surface area contributed by atoms with E-state index in [2.05, 4.69) is 27.4 Å². The van der Waals surface area contributed by atoms with E-state index >= 15 is 0 Å². The second kappa shape index (κ2) is 5.77. The summed E-state index contributed by atoms with van der Waals surface area (Å²) >= 11 is 0. The van der Waals surface area contributed by atoms with Gasteiger partial charge in [0.2, 0.25) is 5.95 Å². The molecule has 0 unspecified atom stereocenters. The van der Waals surface area contributed by atoms with E-state index < -0.39 is 5.91 Å². The number of carbonyl (C=O) groups excluding carboxylic acids is 1. The van der Waals surface area contributed by atoms with E-state index in [1.165, 1.54) is 18.0 Å². The van der Waals surface area contributed by atoms with Crippen LogP contribution in [0.15, 0.2) is 42.7 Å². The Kier molecular flexibility index (Phi) is 3.86. The molecule has 5 heteroatoms. The molecule has 0 saturated carbocycles. The van der Waals surface area contributed by atoms with Gasteiger partial charge >= 0.3 is 0 Å².